The predicted octanol–water partition coefficient (Wildman–Crippen LogP) is 3.96. The van der Waals surface area contributed by atoms with Gasteiger partial charge in [0, 0.05) is 5.56 Å². The molecular formula is C13H13BrFNO. The largest absolute Gasteiger partial charge is 0.293 e. The van der Waals surface area contributed by atoms with Crippen LogP contribution in [0.3, 0.4) is 0 Å². The van der Waals surface area contributed by atoms with Crippen LogP contribution >= 0.6 is 15.9 Å². The minimum absolute atomic E-state index is 0.133. The molecule has 1 unspecified atom stereocenters. The number of benzene rings is 1. The summed E-state index contributed by atoms with van der Waals surface area (Å²) in [6, 6.07) is 6.25. The second-order valence-corrected chi connectivity index (χ2v) is 5.07. The monoisotopic (exact) mass is 297 g/mol. The molecule has 0 saturated heterocycles. The van der Waals surface area contributed by atoms with Gasteiger partial charge in [0.05, 0.1) is 10.5 Å². The van der Waals surface area contributed by atoms with E-state index in [1.165, 1.54) is 18.2 Å². The highest BCUT2D eigenvalue weighted by atomic mass is 79.9. The van der Waals surface area contributed by atoms with Gasteiger partial charge in [-0.15, -0.1) is 0 Å². The summed E-state index contributed by atoms with van der Waals surface area (Å²) >= 11 is 3.04. The summed E-state index contributed by atoms with van der Waals surface area (Å²) in [7, 11) is 0. The van der Waals surface area contributed by atoms with E-state index in [1.54, 1.807) is 0 Å². The molecule has 1 aromatic rings. The van der Waals surface area contributed by atoms with Gasteiger partial charge in [0.2, 0.25) is 0 Å². The van der Waals surface area contributed by atoms with Crippen molar-refractivity contribution in [3.05, 3.63) is 34.1 Å². The number of hydrogen-bond donors (Lipinski definition) is 0. The number of nitriles is 1. The van der Waals surface area contributed by atoms with Crippen LogP contribution in [0.4, 0.5) is 4.39 Å². The quantitative estimate of drug-likeness (QED) is 0.789. The maximum atomic E-state index is 13.3. The van der Waals surface area contributed by atoms with Crippen LogP contribution in [-0.2, 0) is 0 Å². The molecule has 2 nitrogen and oxygen atoms in total. The van der Waals surface area contributed by atoms with Crippen molar-refractivity contribution in [3.8, 4) is 6.07 Å². The lowest BCUT2D eigenvalue weighted by atomic mass is 9.91. The van der Waals surface area contributed by atoms with Crippen LogP contribution < -0.4 is 0 Å². The lowest BCUT2D eigenvalue weighted by molar-refractivity contribution is 0.0935. The van der Waals surface area contributed by atoms with Crippen molar-refractivity contribution in [3.63, 3.8) is 0 Å². The summed E-state index contributed by atoms with van der Waals surface area (Å²) in [4.78, 5) is 12.1. The van der Waals surface area contributed by atoms with Crippen molar-refractivity contribution in [2.45, 2.75) is 20.3 Å². The molecule has 0 aromatic heterocycles. The summed E-state index contributed by atoms with van der Waals surface area (Å²) in [6.45, 7) is 3.89. The number of Topliss-reactive ketones (excluding diaryl/α,β-unsaturated/α-hetero) is 1. The number of rotatable bonds is 4. The number of carbonyl (C=O) groups excluding carboxylic acids is 1. The van der Waals surface area contributed by atoms with Crippen LogP contribution in [0.15, 0.2) is 22.7 Å². The molecule has 0 aliphatic heterocycles. The van der Waals surface area contributed by atoms with Gasteiger partial charge >= 0.3 is 0 Å². The first-order valence-electron chi connectivity index (χ1n) is 5.35. The van der Waals surface area contributed by atoms with Gasteiger partial charge in [-0.2, -0.15) is 5.26 Å². The second kappa shape index (κ2) is 5.92. The first-order chi connectivity index (χ1) is 7.97. The zero-order valence-electron chi connectivity index (χ0n) is 9.71. The van der Waals surface area contributed by atoms with Gasteiger partial charge in [-0.25, -0.2) is 4.39 Å². The van der Waals surface area contributed by atoms with Gasteiger partial charge in [-0.1, -0.05) is 26.0 Å². The number of hydrogen-bond acceptors (Lipinski definition) is 2. The lowest BCUT2D eigenvalue weighted by Gasteiger charge is -2.11. The average Bonchev–Trinajstić information content (AvgIpc) is 2.28. The molecule has 0 saturated carbocycles. The smallest absolute Gasteiger partial charge is 0.181 e. The van der Waals surface area contributed by atoms with E-state index in [0.717, 1.165) is 0 Å². The lowest BCUT2D eigenvalue weighted by Crippen LogP contribution is -2.16. The summed E-state index contributed by atoms with van der Waals surface area (Å²) in [5.74, 6) is -1.28. The summed E-state index contributed by atoms with van der Waals surface area (Å²) in [5, 5.41) is 8.99. The minimum Gasteiger partial charge on any atom is -0.293 e. The summed E-state index contributed by atoms with van der Waals surface area (Å²) in [5.41, 5.74) is 0.234. The van der Waals surface area contributed by atoms with E-state index in [1.807, 2.05) is 19.9 Å². The van der Waals surface area contributed by atoms with E-state index in [9.17, 15) is 9.18 Å². The van der Waals surface area contributed by atoms with Crippen molar-refractivity contribution in [2.75, 3.05) is 0 Å². The van der Waals surface area contributed by atoms with Crippen molar-refractivity contribution in [1.82, 2.24) is 0 Å². The molecule has 1 aromatic carbocycles. The molecule has 1 atom stereocenters. The van der Waals surface area contributed by atoms with E-state index >= 15 is 0 Å². The molecule has 4 heteroatoms. The second-order valence-electron chi connectivity index (χ2n) is 4.28. The standard InChI is InChI=1S/C13H13BrFNO/c1-8(2)6-9(7-16)13(17)10-4-3-5-11(15)12(10)14/h3-5,8-9H,6H2,1-2H3. The fourth-order valence-corrected chi connectivity index (χ4v) is 2.03. The highest BCUT2D eigenvalue weighted by molar-refractivity contribution is 9.10. The molecule has 0 bridgehead atoms. The predicted molar refractivity (Wildman–Crippen MR) is 67.0 cm³/mol. The van der Waals surface area contributed by atoms with E-state index < -0.39 is 11.7 Å². The van der Waals surface area contributed by atoms with Crippen LogP contribution in [0.1, 0.15) is 30.6 Å². The molecule has 1 rings (SSSR count). The third kappa shape index (κ3) is 3.37. The van der Waals surface area contributed by atoms with Gasteiger partial charge in [0.25, 0.3) is 0 Å². The van der Waals surface area contributed by atoms with Gasteiger partial charge in [-0.05, 0) is 34.3 Å². The normalized spacial score (nSPS) is 12.2. The Kier molecular flexibility index (Phi) is 4.83. The first-order valence-corrected chi connectivity index (χ1v) is 6.14. The maximum Gasteiger partial charge on any atom is 0.181 e. The van der Waals surface area contributed by atoms with Gasteiger partial charge in [0.15, 0.2) is 5.78 Å². The molecule has 0 fully saturated rings. The average molecular weight is 298 g/mol. The fourth-order valence-electron chi connectivity index (χ4n) is 1.57. The third-order valence-electron chi connectivity index (χ3n) is 2.40. The fraction of sp³-hybridized carbons (Fsp3) is 0.385. The summed E-state index contributed by atoms with van der Waals surface area (Å²) in [6.07, 6.45) is 0.484. The van der Waals surface area contributed by atoms with Crippen LogP contribution in [0.2, 0.25) is 0 Å². The minimum atomic E-state index is -0.715. The molecule has 0 radical (unpaired) electrons. The molecular weight excluding hydrogens is 285 g/mol. The Bertz CT molecular complexity index is 465. The first kappa shape index (κ1) is 13.9. The SMILES string of the molecule is CC(C)CC(C#N)C(=O)c1cccc(F)c1Br. The number of ketones is 1. The Morgan fingerprint density at radius 3 is 2.71 bits per heavy atom. The van der Waals surface area contributed by atoms with E-state index in [0.29, 0.717) is 6.42 Å². The summed E-state index contributed by atoms with van der Waals surface area (Å²) < 4.78 is 13.4. The maximum absolute atomic E-state index is 13.3. The highest BCUT2D eigenvalue weighted by Gasteiger charge is 2.23. The molecule has 0 amide bonds. The number of carbonyl (C=O) groups is 1. The Labute approximate surface area is 109 Å². The van der Waals surface area contributed by atoms with Crippen LogP contribution in [0.5, 0.6) is 0 Å². The Morgan fingerprint density at radius 2 is 2.18 bits per heavy atom. The van der Waals surface area contributed by atoms with Crippen LogP contribution in [-0.4, -0.2) is 5.78 Å². The van der Waals surface area contributed by atoms with E-state index in [4.69, 9.17) is 5.26 Å². The van der Waals surface area contributed by atoms with Crippen molar-refractivity contribution in [2.24, 2.45) is 11.8 Å². The molecule has 0 aliphatic carbocycles. The zero-order chi connectivity index (χ0) is 13.0. The van der Waals surface area contributed by atoms with Crippen molar-refractivity contribution >= 4 is 21.7 Å². The van der Waals surface area contributed by atoms with Crippen molar-refractivity contribution in [1.29, 1.82) is 5.26 Å². The number of nitrogens with zero attached hydrogens (tertiary/aromatic N) is 1. The van der Waals surface area contributed by atoms with Gasteiger partial charge in [0.1, 0.15) is 11.7 Å². The topological polar surface area (TPSA) is 40.9 Å². The van der Waals surface area contributed by atoms with E-state index in [2.05, 4.69) is 15.9 Å². The molecule has 0 aliphatic rings. The molecule has 0 spiro atoms. The van der Waals surface area contributed by atoms with Crippen LogP contribution in [0.25, 0.3) is 0 Å². The Morgan fingerprint density at radius 1 is 1.53 bits per heavy atom. The third-order valence-corrected chi connectivity index (χ3v) is 3.20. The molecule has 90 valence electrons. The van der Waals surface area contributed by atoms with Crippen molar-refractivity contribution < 1.29 is 9.18 Å². The molecule has 17 heavy (non-hydrogen) atoms. The van der Waals surface area contributed by atoms with Gasteiger partial charge in [-0.3, -0.25) is 4.79 Å². The molecule has 0 heterocycles. The van der Waals surface area contributed by atoms with Gasteiger partial charge < -0.3 is 0 Å². The Hall–Kier alpha value is -1.21. The highest BCUT2D eigenvalue weighted by Crippen LogP contribution is 2.25. The molecule has 0 N–H and O–H groups in total. The zero-order valence-corrected chi connectivity index (χ0v) is 11.3. The number of halogens is 2. The van der Waals surface area contributed by atoms with E-state index in [-0.39, 0.29) is 21.7 Å². The Balaban J connectivity index is 3.03. The van der Waals surface area contributed by atoms with Crippen LogP contribution in [0, 0.1) is 29.0 Å².